The molecule has 2 aromatic rings. The molecule has 5 nitrogen and oxygen atoms in total. The molecule has 0 unspecified atom stereocenters. The van der Waals surface area contributed by atoms with Crippen molar-refractivity contribution in [1.82, 2.24) is 5.32 Å². The van der Waals surface area contributed by atoms with Crippen molar-refractivity contribution in [3.8, 4) is 0 Å². The molecule has 6 heteroatoms. The van der Waals surface area contributed by atoms with Gasteiger partial charge in [0.15, 0.2) is 0 Å². The van der Waals surface area contributed by atoms with Gasteiger partial charge in [-0.05, 0) is 63.4 Å². The molecule has 2 rings (SSSR count). The van der Waals surface area contributed by atoms with Gasteiger partial charge >= 0.3 is 0 Å². The molecule has 0 bridgehead atoms. The van der Waals surface area contributed by atoms with Gasteiger partial charge in [-0.3, -0.25) is 9.10 Å². The van der Waals surface area contributed by atoms with E-state index in [4.69, 9.17) is 0 Å². The topological polar surface area (TPSA) is 66.5 Å². The fourth-order valence-corrected chi connectivity index (χ4v) is 4.16. The van der Waals surface area contributed by atoms with E-state index in [1.165, 1.54) is 4.31 Å². The zero-order valence-corrected chi connectivity index (χ0v) is 17.4. The maximum Gasteiger partial charge on any atom is 0.264 e. The lowest BCUT2D eigenvalue weighted by atomic mass is 10.1. The Morgan fingerprint density at radius 2 is 1.63 bits per heavy atom. The van der Waals surface area contributed by atoms with Crippen molar-refractivity contribution in [1.29, 1.82) is 0 Å². The van der Waals surface area contributed by atoms with Crippen LogP contribution in [-0.2, 0) is 14.8 Å². The van der Waals surface area contributed by atoms with Crippen LogP contribution in [0.3, 0.4) is 0 Å². The summed E-state index contributed by atoms with van der Waals surface area (Å²) in [4.78, 5) is 12.7. The lowest BCUT2D eigenvalue weighted by molar-refractivity contribution is -0.120. The van der Waals surface area contributed by atoms with Gasteiger partial charge < -0.3 is 5.32 Å². The van der Waals surface area contributed by atoms with Crippen molar-refractivity contribution < 1.29 is 13.2 Å². The second kappa shape index (κ2) is 8.57. The number of amides is 1. The van der Waals surface area contributed by atoms with Crippen LogP contribution in [-0.4, -0.2) is 26.9 Å². The minimum atomic E-state index is -3.88. The van der Waals surface area contributed by atoms with E-state index < -0.39 is 10.0 Å². The maximum absolute atomic E-state index is 13.3. The zero-order valence-electron chi connectivity index (χ0n) is 16.6. The van der Waals surface area contributed by atoms with Crippen LogP contribution < -0.4 is 9.62 Å². The van der Waals surface area contributed by atoms with Crippen LogP contribution in [0.5, 0.6) is 0 Å². The molecule has 0 aliphatic heterocycles. The fourth-order valence-electron chi connectivity index (χ4n) is 2.68. The standard InChI is InChI=1S/C21H28N2O3S/c1-6-18(5)22-21(24)14-23(20-13-16(3)7-10-17(20)4)27(25,26)19-11-8-15(2)9-12-19/h7-13,18H,6,14H2,1-5H3,(H,22,24)/t18-/m1/s1. The fraction of sp³-hybridized carbons (Fsp3) is 0.381. The highest BCUT2D eigenvalue weighted by Crippen LogP contribution is 2.28. The second-order valence-electron chi connectivity index (χ2n) is 6.99. The predicted molar refractivity (Wildman–Crippen MR) is 110 cm³/mol. The van der Waals surface area contributed by atoms with Gasteiger partial charge in [0.05, 0.1) is 10.6 Å². The summed E-state index contributed by atoms with van der Waals surface area (Å²) in [5, 5.41) is 2.85. The van der Waals surface area contributed by atoms with E-state index in [-0.39, 0.29) is 23.4 Å². The predicted octanol–water partition coefficient (Wildman–Crippen LogP) is 3.72. The lowest BCUT2D eigenvalue weighted by Gasteiger charge is -2.26. The molecule has 0 aliphatic carbocycles. The number of rotatable bonds is 7. The molecule has 0 aromatic heterocycles. The molecule has 1 N–H and O–H groups in total. The van der Waals surface area contributed by atoms with E-state index in [0.29, 0.717) is 5.69 Å². The lowest BCUT2D eigenvalue weighted by Crippen LogP contribution is -2.43. The van der Waals surface area contributed by atoms with Crippen LogP contribution >= 0.6 is 0 Å². The number of carbonyl (C=O) groups is 1. The van der Waals surface area contributed by atoms with Crippen LogP contribution in [0.15, 0.2) is 47.4 Å². The zero-order chi connectivity index (χ0) is 20.2. The molecule has 1 atom stereocenters. The van der Waals surface area contributed by atoms with Gasteiger partial charge in [0.25, 0.3) is 10.0 Å². The summed E-state index contributed by atoms with van der Waals surface area (Å²) in [6, 6.07) is 12.3. The summed E-state index contributed by atoms with van der Waals surface area (Å²) < 4.78 is 27.9. The third kappa shape index (κ3) is 5.10. The Morgan fingerprint density at radius 1 is 1.04 bits per heavy atom. The van der Waals surface area contributed by atoms with E-state index >= 15 is 0 Å². The van der Waals surface area contributed by atoms with Crippen molar-refractivity contribution in [2.75, 3.05) is 10.8 Å². The highest BCUT2D eigenvalue weighted by molar-refractivity contribution is 7.92. The minimum Gasteiger partial charge on any atom is -0.352 e. The first-order valence-corrected chi connectivity index (χ1v) is 10.5. The van der Waals surface area contributed by atoms with E-state index in [1.807, 2.05) is 46.8 Å². The highest BCUT2D eigenvalue weighted by Gasteiger charge is 2.28. The van der Waals surface area contributed by atoms with Crippen molar-refractivity contribution in [2.24, 2.45) is 0 Å². The first-order chi connectivity index (χ1) is 12.6. The number of nitrogens with zero attached hydrogens (tertiary/aromatic N) is 1. The Balaban J connectivity index is 2.50. The number of hydrogen-bond acceptors (Lipinski definition) is 3. The van der Waals surface area contributed by atoms with E-state index in [9.17, 15) is 13.2 Å². The molecule has 146 valence electrons. The molecule has 0 saturated heterocycles. The Hall–Kier alpha value is -2.34. The summed E-state index contributed by atoms with van der Waals surface area (Å²) >= 11 is 0. The smallest absolute Gasteiger partial charge is 0.264 e. The van der Waals surface area contributed by atoms with Gasteiger partial charge in [-0.2, -0.15) is 0 Å². The summed E-state index contributed by atoms with van der Waals surface area (Å²) in [7, 11) is -3.88. The number of benzene rings is 2. The first kappa shape index (κ1) is 21.0. The van der Waals surface area contributed by atoms with Crippen LogP contribution in [0.4, 0.5) is 5.69 Å². The Morgan fingerprint density at radius 3 is 2.22 bits per heavy atom. The molecule has 0 aliphatic rings. The van der Waals surface area contributed by atoms with Crippen molar-refractivity contribution >= 4 is 21.6 Å². The number of anilines is 1. The summed E-state index contributed by atoms with van der Waals surface area (Å²) in [6.45, 7) is 9.26. The number of carbonyl (C=O) groups excluding carboxylic acids is 1. The van der Waals surface area contributed by atoms with Gasteiger partial charge in [0, 0.05) is 6.04 Å². The first-order valence-electron chi connectivity index (χ1n) is 9.11. The van der Waals surface area contributed by atoms with Crippen molar-refractivity contribution in [2.45, 2.75) is 52.0 Å². The number of hydrogen-bond donors (Lipinski definition) is 1. The monoisotopic (exact) mass is 388 g/mol. The molecule has 2 aromatic carbocycles. The molecule has 0 spiro atoms. The molecule has 0 heterocycles. The normalized spacial score (nSPS) is 12.5. The van der Waals surface area contributed by atoms with E-state index in [0.717, 1.165) is 23.1 Å². The molecule has 0 fully saturated rings. The Bertz CT molecular complexity index is 906. The van der Waals surface area contributed by atoms with E-state index in [1.54, 1.807) is 30.3 Å². The molecule has 1 amide bonds. The van der Waals surface area contributed by atoms with Crippen LogP contribution in [0, 0.1) is 20.8 Å². The summed E-state index contributed by atoms with van der Waals surface area (Å²) in [5.41, 5.74) is 3.23. The van der Waals surface area contributed by atoms with E-state index in [2.05, 4.69) is 5.32 Å². The number of sulfonamides is 1. The third-order valence-corrected chi connectivity index (χ3v) is 6.32. The van der Waals surface area contributed by atoms with Crippen LogP contribution in [0.25, 0.3) is 0 Å². The van der Waals surface area contributed by atoms with Crippen LogP contribution in [0.2, 0.25) is 0 Å². The van der Waals surface area contributed by atoms with Crippen LogP contribution in [0.1, 0.15) is 37.0 Å². The average molecular weight is 389 g/mol. The number of aryl methyl sites for hydroxylation is 3. The average Bonchev–Trinajstić information content (AvgIpc) is 2.62. The van der Waals surface area contributed by atoms with Gasteiger partial charge in [0.1, 0.15) is 6.54 Å². The van der Waals surface area contributed by atoms with Gasteiger partial charge in [-0.1, -0.05) is 36.8 Å². The van der Waals surface area contributed by atoms with Gasteiger partial charge in [-0.15, -0.1) is 0 Å². The second-order valence-corrected chi connectivity index (χ2v) is 8.85. The molecule has 0 saturated carbocycles. The largest absolute Gasteiger partial charge is 0.352 e. The van der Waals surface area contributed by atoms with Crippen molar-refractivity contribution in [3.05, 3.63) is 59.2 Å². The van der Waals surface area contributed by atoms with Gasteiger partial charge in [0.2, 0.25) is 5.91 Å². The molecular formula is C21H28N2O3S. The molecule has 27 heavy (non-hydrogen) atoms. The Labute approximate surface area is 162 Å². The van der Waals surface area contributed by atoms with Crippen molar-refractivity contribution in [3.63, 3.8) is 0 Å². The maximum atomic E-state index is 13.3. The summed E-state index contributed by atoms with van der Waals surface area (Å²) in [6.07, 6.45) is 0.778. The minimum absolute atomic E-state index is 0.0139. The third-order valence-electron chi connectivity index (χ3n) is 4.55. The van der Waals surface area contributed by atoms with Gasteiger partial charge in [-0.25, -0.2) is 8.42 Å². The Kier molecular flexibility index (Phi) is 6.65. The molecular weight excluding hydrogens is 360 g/mol. The molecule has 0 radical (unpaired) electrons. The number of nitrogens with one attached hydrogen (secondary N) is 1. The summed E-state index contributed by atoms with van der Waals surface area (Å²) in [5.74, 6) is -0.319. The SMILES string of the molecule is CC[C@@H](C)NC(=O)CN(c1cc(C)ccc1C)S(=O)(=O)c1ccc(C)cc1. The highest BCUT2D eigenvalue weighted by atomic mass is 32.2. The quantitative estimate of drug-likeness (QED) is 0.786.